The van der Waals surface area contributed by atoms with E-state index in [1.165, 1.54) is 19.8 Å². The molecule has 0 fully saturated rings. The zero-order valence-electron chi connectivity index (χ0n) is 5.97. The summed E-state index contributed by atoms with van der Waals surface area (Å²) >= 11 is 3.74. The lowest BCUT2D eigenvalue weighted by Crippen LogP contribution is -1.65. The van der Waals surface area contributed by atoms with Crippen LogP contribution >= 0.6 is 22.7 Å². The lowest BCUT2D eigenvalue weighted by Gasteiger charge is -1.83. The van der Waals surface area contributed by atoms with E-state index in [4.69, 9.17) is 0 Å². The first-order valence-corrected chi connectivity index (χ1v) is 4.92. The van der Waals surface area contributed by atoms with Crippen LogP contribution in [0.25, 0.3) is 9.40 Å². The number of aryl methyl sites for hydroxylation is 2. The molecule has 0 radical (unpaired) electrons. The molecular formula is C8H8S2. The van der Waals surface area contributed by atoms with E-state index >= 15 is 0 Å². The lowest BCUT2D eigenvalue weighted by atomic mass is 10.2. The molecule has 0 spiro atoms. The fraction of sp³-hybridized carbons (Fsp3) is 0.250. The molecule has 0 saturated heterocycles. The molecule has 2 rings (SSSR count). The Balaban J connectivity index is 2.95. The van der Waals surface area contributed by atoms with Crippen molar-refractivity contribution < 1.29 is 0 Å². The quantitative estimate of drug-likeness (QED) is 0.564. The lowest BCUT2D eigenvalue weighted by molar-refractivity contribution is 1.47. The Kier molecular flexibility index (Phi) is 1.32. The van der Waals surface area contributed by atoms with Crippen LogP contribution in [0, 0.1) is 13.8 Å². The van der Waals surface area contributed by atoms with Crippen molar-refractivity contribution in [1.82, 2.24) is 0 Å². The van der Waals surface area contributed by atoms with Crippen LogP contribution in [0.2, 0.25) is 0 Å². The van der Waals surface area contributed by atoms with Gasteiger partial charge in [-0.15, -0.1) is 22.7 Å². The van der Waals surface area contributed by atoms with Gasteiger partial charge in [0.2, 0.25) is 0 Å². The molecular weight excluding hydrogens is 160 g/mol. The third-order valence-corrected chi connectivity index (χ3v) is 4.07. The van der Waals surface area contributed by atoms with Crippen LogP contribution in [-0.2, 0) is 0 Å². The molecule has 2 heteroatoms. The highest BCUT2D eigenvalue weighted by atomic mass is 32.2. The molecule has 0 atom stereocenters. The minimum absolute atomic E-state index is 1.45. The van der Waals surface area contributed by atoms with Gasteiger partial charge in [0.1, 0.15) is 0 Å². The topological polar surface area (TPSA) is 0 Å². The van der Waals surface area contributed by atoms with E-state index in [0.29, 0.717) is 0 Å². The van der Waals surface area contributed by atoms with Crippen LogP contribution in [0.1, 0.15) is 10.4 Å². The Labute approximate surface area is 68.1 Å². The summed E-state index contributed by atoms with van der Waals surface area (Å²) < 4.78 is 1.47. The molecule has 0 N–H and O–H groups in total. The molecule has 0 aliphatic rings. The summed E-state index contributed by atoms with van der Waals surface area (Å²) in [4.78, 5) is 1.46. The van der Waals surface area contributed by atoms with Gasteiger partial charge >= 0.3 is 0 Å². The molecule has 0 bridgehead atoms. The van der Waals surface area contributed by atoms with Gasteiger partial charge in [-0.3, -0.25) is 0 Å². The van der Waals surface area contributed by atoms with Gasteiger partial charge in [0.15, 0.2) is 0 Å². The SMILES string of the molecule is Cc1sc2sccc2c1C. The minimum atomic E-state index is 1.45. The van der Waals surface area contributed by atoms with E-state index in [0.717, 1.165) is 0 Å². The second-order valence-electron chi connectivity index (χ2n) is 2.40. The molecule has 52 valence electrons. The van der Waals surface area contributed by atoms with Gasteiger partial charge in [-0.2, -0.15) is 0 Å². The van der Waals surface area contributed by atoms with Crippen molar-refractivity contribution in [1.29, 1.82) is 0 Å². The molecule has 2 heterocycles. The van der Waals surface area contributed by atoms with Gasteiger partial charge in [-0.1, -0.05) is 0 Å². The molecule has 0 aliphatic carbocycles. The van der Waals surface area contributed by atoms with Crippen LogP contribution in [-0.4, -0.2) is 0 Å². The third-order valence-electron chi connectivity index (χ3n) is 1.81. The Morgan fingerprint density at radius 1 is 1.30 bits per heavy atom. The highest BCUT2D eigenvalue weighted by Crippen LogP contribution is 2.33. The highest BCUT2D eigenvalue weighted by molar-refractivity contribution is 7.37. The first-order chi connectivity index (χ1) is 4.79. The van der Waals surface area contributed by atoms with Crippen LogP contribution < -0.4 is 0 Å². The predicted molar refractivity (Wildman–Crippen MR) is 49.2 cm³/mol. The summed E-state index contributed by atoms with van der Waals surface area (Å²) in [5.41, 5.74) is 1.46. The maximum Gasteiger partial charge on any atom is 0.0870 e. The van der Waals surface area contributed by atoms with E-state index in [9.17, 15) is 0 Å². The molecule has 0 aliphatic heterocycles. The van der Waals surface area contributed by atoms with Crippen molar-refractivity contribution >= 4 is 32.1 Å². The zero-order valence-corrected chi connectivity index (χ0v) is 7.60. The summed E-state index contributed by atoms with van der Waals surface area (Å²) in [5, 5.41) is 3.61. The third kappa shape index (κ3) is 0.724. The first kappa shape index (κ1) is 6.38. The Morgan fingerprint density at radius 2 is 2.10 bits per heavy atom. The van der Waals surface area contributed by atoms with Crippen LogP contribution in [0.15, 0.2) is 11.4 Å². The molecule has 0 amide bonds. The monoisotopic (exact) mass is 168 g/mol. The van der Waals surface area contributed by atoms with E-state index < -0.39 is 0 Å². The van der Waals surface area contributed by atoms with Crippen LogP contribution in [0.5, 0.6) is 0 Å². The largest absolute Gasteiger partial charge is 0.133 e. The molecule has 2 aromatic rings. The molecule has 0 unspecified atom stereocenters. The van der Waals surface area contributed by atoms with Gasteiger partial charge in [-0.05, 0) is 30.9 Å². The smallest absolute Gasteiger partial charge is 0.0870 e. The van der Waals surface area contributed by atoms with E-state index in [1.54, 1.807) is 0 Å². The zero-order chi connectivity index (χ0) is 7.14. The normalized spacial score (nSPS) is 11.0. The van der Waals surface area contributed by atoms with E-state index in [-0.39, 0.29) is 0 Å². The average Bonchev–Trinajstić information content (AvgIpc) is 2.41. The van der Waals surface area contributed by atoms with Crippen LogP contribution in [0.3, 0.4) is 0 Å². The molecule has 0 nitrogen and oxygen atoms in total. The van der Waals surface area contributed by atoms with Crippen molar-refractivity contribution in [3.8, 4) is 0 Å². The standard InChI is InChI=1S/C8H8S2/c1-5-6(2)10-8-7(5)3-4-9-8/h3-4H,1-2H3. The second-order valence-corrected chi connectivity index (χ2v) is 4.80. The number of rotatable bonds is 0. The van der Waals surface area contributed by atoms with Gasteiger partial charge in [0.05, 0.1) is 4.01 Å². The number of thiophene rings is 2. The molecule has 0 saturated carbocycles. The van der Waals surface area contributed by atoms with Gasteiger partial charge in [-0.25, -0.2) is 0 Å². The number of fused-ring (bicyclic) bond motifs is 1. The highest BCUT2D eigenvalue weighted by Gasteiger charge is 2.03. The maximum absolute atomic E-state index is 2.21. The second kappa shape index (κ2) is 2.07. The van der Waals surface area contributed by atoms with Gasteiger partial charge in [0, 0.05) is 10.3 Å². The predicted octanol–water partition coefficient (Wildman–Crippen LogP) is 3.58. The summed E-state index contributed by atoms with van der Waals surface area (Å²) in [5.74, 6) is 0. The molecule has 2 aromatic heterocycles. The maximum atomic E-state index is 2.21. The van der Waals surface area contributed by atoms with E-state index in [2.05, 4.69) is 25.3 Å². The van der Waals surface area contributed by atoms with Gasteiger partial charge in [0.25, 0.3) is 0 Å². The van der Waals surface area contributed by atoms with Crippen molar-refractivity contribution in [2.45, 2.75) is 13.8 Å². The Bertz CT molecular complexity index is 354. The van der Waals surface area contributed by atoms with Gasteiger partial charge < -0.3 is 0 Å². The first-order valence-electron chi connectivity index (χ1n) is 3.22. The van der Waals surface area contributed by atoms with Crippen molar-refractivity contribution in [3.63, 3.8) is 0 Å². The number of hydrogen-bond donors (Lipinski definition) is 0. The van der Waals surface area contributed by atoms with Crippen LogP contribution in [0.4, 0.5) is 0 Å². The summed E-state index contributed by atoms with van der Waals surface area (Å²) in [6.45, 7) is 4.38. The van der Waals surface area contributed by atoms with E-state index in [1.807, 2.05) is 22.7 Å². The summed E-state index contributed by atoms with van der Waals surface area (Å²) in [6, 6.07) is 2.21. The average molecular weight is 168 g/mol. The fourth-order valence-corrected chi connectivity index (χ4v) is 3.34. The molecule has 0 aromatic carbocycles. The number of hydrogen-bond acceptors (Lipinski definition) is 2. The summed E-state index contributed by atoms with van der Waals surface area (Å²) in [6.07, 6.45) is 0. The van der Waals surface area contributed by atoms with Crippen molar-refractivity contribution in [2.24, 2.45) is 0 Å². The Hall–Kier alpha value is -0.340. The molecule has 10 heavy (non-hydrogen) atoms. The fourth-order valence-electron chi connectivity index (χ4n) is 1.06. The van der Waals surface area contributed by atoms with Crippen molar-refractivity contribution in [2.75, 3.05) is 0 Å². The minimum Gasteiger partial charge on any atom is -0.133 e. The van der Waals surface area contributed by atoms with Crippen molar-refractivity contribution in [3.05, 3.63) is 21.9 Å². The Morgan fingerprint density at radius 3 is 2.80 bits per heavy atom. The summed E-state index contributed by atoms with van der Waals surface area (Å²) in [7, 11) is 0.